The summed E-state index contributed by atoms with van der Waals surface area (Å²) in [6.07, 6.45) is 4.47. The maximum atomic E-state index is 13.2. The van der Waals surface area contributed by atoms with E-state index in [9.17, 15) is 8.42 Å². The summed E-state index contributed by atoms with van der Waals surface area (Å²) in [5, 5.41) is 0. The zero-order valence-electron chi connectivity index (χ0n) is 17.2. The normalized spacial score (nSPS) is 13.0. The molecular formula is C23H30N2O2S. The van der Waals surface area contributed by atoms with Crippen molar-refractivity contribution < 1.29 is 8.42 Å². The molecule has 0 amide bonds. The second kappa shape index (κ2) is 10.3. The maximum Gasteiger partial charge on any atom is 0.243 e. The van der Waals surface area contributed by atoms with Crippen LogP contribution in [0.4, 0.5) is 0 Å². The molecule has 0 aliphatic heterocycles. The summed E-state index contributed by atoms with van der Waals surface area (Å²) in [4.78, 5) is 4.80. The Morgan fingerprint density at radius 1 is 1.07 bits per heavy atom. The molecule has 0 fully saturated rings. The first-order chi connectivity index (χ1) is 13.3. The lowest BCUT2D eigenvalue weighted by atomic mass is 10.2. The molecular weight excluding hydrogens is 368 g/mol. The van der Waals surface area contributed by atoms with Crippen molar-refractivity contribution in [3.8, 4) is 0 Å². The lowest BCUT2D eigenvalue weighted by Gasteiger charge is -2.26. The molecule has 0 spiro atoms. The number of allylic oxidation sites excluding steroid dienone is 1. The minimum absolute atomic E-state index is 0.318. The first kappa shape index (κ1) is 22.1. The van der Waals surface area contributed by atoms with Gasteiger partial charge in [-0.2, -0.15) is 4.31 Å². The summed E-state index contributed by atoms with van der Waals surface area (Å²) >= 11 is 0. The highest BCUT2D eigenvalue weighted by Gasteiger charge is 2.27. The summed E-state index contributed by atoms with van der Waals surface area (Å²) in [5.74, 6) is 0. The van der Waals surface area contributed by atoms with Crippen LogP contribution in [0.2, 0.25) is 0 Å². The number of rotatable bonds is 9. The lowest BCUT2D eigenvalue weighted by molar-refractivity contribution is 0.399. The third-order valence-corrected chi connectivity index (χ3v) is 6.42. The van der Waals surface area contributed by atoms with Crippen molar-refractivity contribution in [1.29, 1.82) is 0 Å². The smallest absolute Gasteiger partial charge is 0.243 e. The minimum atomic E-state index is -3.60. The van der Waals surface area contributed by atoms with Crippen LogP contribution in [0.15, 0.2) is 76.1 Å². The van der Waals surface area contributed by atoms with Crippen molar-refractivity contribution >= 4 is 16.2 Å². The van der Waals surface area contributed by atoms with Crippen molar-refractivity contribution in [2.75, 3.05) is 6.54 Å². The number of aryl methyl sites for hydroxylation is 1. The largest absolute Gasteiger partial charge is 0.291 e. The number of aliphatic imine (C=N–C) groups is 1. The Bertz CT molecular complexity index is 897. The van der Waals surface area contributed by atoms with Crippen LogP contribution in [0.3, 0.4) is 0 Å². The van der Waals surface area contributed by atoms with Crippen LogP contribution < -0.4 is 0 Å². The Morgan fingerprint density at radius 3 is 2.32 bits per heavy atom. The molecule has 0 radical (unpaired) electrons. The van der Waals surface area contributed by atoms with Gasteiger partial charge in [-0.3, -0.25) is 4.99 Å². The first-order valence-corrected chi connectivity index (χ1v) is 11.0. The Kier molecular flexibility index (Phi) is 8.15. The monoisotopic (exact) mass is 398 g/mol. The summed E-state index contributed by atoms with van der Waals surface area (Å²) in [7, 11) is -3.60. The third-order valence-electron chi connectivity index (χ3n) is 4.42. The van der Waals surface area contributed by atoms with Crippen LogP contribution in [0.25, 0.3) is 0 Å². The van der Waals surface area contributed by atoms with Gasteiger partial charge in [-0.05, 0) is 51.8 Å². The van der Waals surface area contributed by atoms with Crippen molar-refractivity contribution in [1.82, 2.24) is 4.31 Å². The molecule has 0 aliphatic rings. The van der Waals surface area contributed by atoms with Gasteiger partial charge in [0, 0.05) is 12.8 Å². The topological polar surface area (TPSA) is 49.7 Å². The molecule has 0 bridgehead atoms. The standard InChI is InChI=1S/C23H30N2O2S/c1-19(2)9-8-16-25(28(26,27)23-14-12-20(3)13-15-23)21(4)17-24-18-22-10-6-5-7-11-22/h5-7,9-15,17,21H,8,16,18H2,1-4H3/t21-/m0/s1. The number of hydrogen-bond acceptors (Lipinski definition) is 3. The molecule has 0 unspecified atom stereocenters. The Labute approximate surface area is 169 Å². The van der Waals surface area contributed by atoms with Gasteiger partial charge in [0.05, 0.1) is 17.5 Å². The highest BCUT2D eigenvalue weighted by atomic mass is 32.2. The van der Waals surface area contributed by atoms with Gasteiger partial charge in [-0.1, -0.05) is 59.7 Å². The summed E-state index contributed by atoms with van der Waals surface area (Å²) < 4.78 is 28.0. The van der Waals surface area contributed by atoms with Crippen molar-refractivity contribution in [3.05, 3.63) is 77.4 Å². The van der Waals surface area contributed by atoms with Gasteiger partial charge in [-0.15, -0.1) is 0 Å². The van der Waals surface area contributed by atoms with E-state index in [0.29, 0.717) is 24.4 Å². The molecule has 0 saturated heterocycles. The molecule has 4 nitrogen and oxygen atoms in total. The number of nitrogens with zero attached hydrogens (tertiary/aromatic N) is 2. The molecule has 5 heteroatoms. The number of benzene rings is 2. The van der Waals surface area contributed by atoms with E-state index < -0.39 is 10.0 Å². The molecule has 28 heavy (non-hydrogen) atoms. The summed E-state index contributed by atoms with van der Waals surface area (Å²) in [5.41, 5.74) is 3.31. The molecule has 0 aliphatic carbocycles. The van der Waals surface area contributed by atoms with Crippen LogP contribution in [0.1, 0.15) is 38.3 Å². The van der Waals surface area contributed by atoms with Gasteiger partial charge in [0.1, 0.15) is 0 Å². The first-order valence-electron chi connectivity index (χ1n) is 9.56. The molecule has 0 aromatic heterocycles. The second-order valence-electron chi connectivity index (χ2n) is 7.21. The van der Waals surface area contributed by atoms with Crippen molar-refractivity contribution in [3.63, 3.8) is 0 Å². The van der Waals surface area contributed by atoms with E-state index in [1.54, 1.807) is 18.3 Å². The van der Waals surface area contributed by atoms with Crippen molar-refractivity contribution in [2.45, 2.75) is 51.6 Å². The van der Waals surface area contributed by atoms with E-state index in [-0.39, 0.29) is 6.04 Å². The maximum absolute atomic E-state index is 13.2. The highest BCUT2D eigenvalue weighted by Crippen LogP contribution is 2.19. The molecule has 2 aromatic carbocycles. The summed E-state index contributed by atoms with van der Waals surface area (Å²) in [6.45, 7) is 8.81. The van der Waals surface area contributed by atoms with Crippen LogP contribution >= 0.6 is 0 Å². The SMILES string of the molecule is CC(C)=CCCN([C@@H](C)C=NCc1ccccc1)S(=O)(=O)c1ccc(C)cc1. The molecule has 0 heterocycles. The lowest BCUT2D eigenvalue weighted by Crippen LogP contribution is -2.40. The van der Waals surface area contributed by atoms with Crippen LogP contribution in [0, 0.1) is 6.92 Å². The van der Waals surface area contributed by atoms with Crippen LogP contribution in [-0.2, 0) is 16.6 Å². The Hall–Kier alpha value is -2.24. The van der Waals surface area contributed by atoms with Crippen molar-refractivity contribution in [2.24, 2.45) is 4.99 Å². The Balaban J connectivity index is 2.21. The average molecular weight is 399 g/mol. The van der Waals surface area contributed by atoms with Gasteiger partial charge >= 0.3 is 0 Å². The molecule has 1 atom stereocenters. The summed E-state index contributed by atoms with van der Waals surface area (Å²) in [6, 6.07) is 16.6. The predicted octanol–water partition coefficient (Wildman–Crippen LogP) is 5.00. The molecule has 150 valence electrons. The number of hydrogen-bond donors (Lipinski definition) is 0. The fourth-order valence-electron chi connectivity index (χ4n) is 2.84. The minimum Gasteiger partial charge on any atom is -0.291 e. The molecule has 2 aromatic rings. The zero-order valence-corrected chi connectivity index (χ0v) is 18.0. The molecule has 2 rings (SSSR count). The fourth-order valence-corrected chi connectivity index (χ4v) is 4.43. The van der Waals surface area contributed by atoms with E-state index in [0.717, 1.165) is 11.1 Å². The zero-order chi connectivity index (χ0) is 20.6. The predicted molar refractivity (Wildman–Crippen MR) is 117 cm³/mol. The van der Waals surface area contributed by atoms with Gasteiger partial charge in [0.15, 0.2) is 0 Å². The van der Waals surface area contributed by atoms with Gasteiger partial charge in [-0.25, -0.2) is 8.42 Å². The van der Waals surface area contributed by atoms with Gasteiger partial charge in [0.25, 0.3) is 0 Å². The van der Waals surface area contributed by atoms with Gasteiger partial charge in [0.2, 0.25) is 10.0 Å². The fraction of sp³-hybridized carbons (Fsp3) is 0.348. The van der Waals surface area contributed by atoms with E-state index in [2.05, 4.69) is 11.1 Å². The van der Waals surface area contributed by atoms with Crippen LogP contribution in [-0.4, -0.2) is 31.5 Å². The van der Waals surface area contributed by atoms with Gasteiger partial charge < -0.3 is 0 Å². The van der Waals surface area contributed by atoms with E-state index >= 15 is 0 Å². The quantitative estimate of drug-likeness (QED) is 0.441. The van der Waals surface area contributed by atoms with Crippen LogP contribution in [0.5, 0.6) is 0 Å². The average Bonchev–Trinajstić information content (AvgIpc) is 2.66. The van der Waals surface area contributed by atoms with E-state index in [1.165, 1.54) is 9.88 Å². The van der Waals surface area contributed by atoms with E-state index in [4.69, 9.17) is 0 Å². The Morgan fingerprint density at radius 2 is 1.71 bits per heavy atom. The molecule has 0 N–H and O–H groups in total. The van der Waals surface area contributed by atoms with E-state index in [1.807, 2.05) is 70.2 Å². The third kappa shape index (κ3) is 6.43. The molecule has 0 saturated carbocycles. The highest BCUT2D eigenvalue weighted by molar-refractivity contribution is 7.89. The second-order valence-corrected chi connectivity index (χ2v) is 9.11. The number of sulfonamides is 1.